The third-order valence-corrected chi connectivity index (χ3v) is 4.29. The van der Waals surface area contributed by atoms with Crippen molar-refractivity contribution in [3.05, 3.63) is 63.7 Å². The average molecular weight is 400 g/mol. The van der Waals surface area contributed by atoms with Crippen LogP contribution in [0.15, 0.2) is 47.5 Å². The molecule has 0 unspecified atom stereocenters. The standard InChI is InChI=1S/C21H28N4O4/c1-4-29-20-14-16(9-12-19(20)28-3)6-5-13-23-21(22-2)24-15-17-7-10-18(11-8-17)25(26)27/h7-12,14H,4-6,13,15H2,1-3H3,(H2,22,23,24). The summed E-state index contributed by atoms with van der Waals surface area (Å²) in [6.07, 6.45) is 1.83. The van der Waals surface area contributed by atoms with Gasteiger partial charge in [0.25, 0.3) is 5.69 Å². The SMILES string of the molecule is CCOc1cc(CCCNC(=NC)NCc2ccc([N+](=O)[O-])cc2)ccc1OC. The van der Waals surface area contributed by atoms with E-state index in [4.69, 9.17) is 9.47 Å². The summed E-state index contributed by atoms with van der Waals surface area (Å²) in [6.45, 7) is 3.84. The monoisotopic (exact) mass is 400 g/mol. The Balaban J connectivity index is 1.77. The molecule has 0 amide bonds. The van der Waals surface area contributed by atoms with E-state index >= 15 is 0 Å². The average Bonchev–Trinajstić information content (AvgIpc) is 2.74. The lowest BCUT2D eigenvalue weighted by atomic mass is 10.1. The first kappa shape index (κ1) is 22.0. The first-order valence-corrected chi connectivity index (χ1v) is 9.55. The molecule has 0 aromatic heterocycles. The summed E-state index contributed by atoms with van der Waals surface area (Å²) in [4.78, 5) is 14.5. The zero-order chi connectivity index (χ0) is 21.1. The minimum absolute atomic E-state index is 0.0854. The Labute approximate surface area is 171 Å². The van der Waals surface area contributed by atoms with Gasteiger partial charge in [0.2, 0.25) is 0 Å². The third-order valence-electron chi connectivity index (χ3n) is 4.29. The normalized spacial score (nSPS) is 11.1. The number of nitrogens with one attached hydrogen (secondary N) is 2. The van der Waals surface area contributed by atoms with Crippen molar-refractivity contribution in [3.63, 3.8) is 0 Å². The number of guanidine groups is 1. The highest BCUT2D eigenvalue weighted by molar-refractivity contribution is 5.79. The summed E-state index contributed by atoms with van der Waals surface area (Å²) in [7, 11) is 3.35. The Morgan fingerprint density at radius 1 is 1.10 bits per heavy atom. The number of nitrogens with zero attached hydrogens (tertiary/aromatic N) is 2. The van der Waals surface area contributed by atoms with Crippen LogP contribution < -0.4 is 20.1 Å². The number of methoxy groups -OCH3 is 1. The van der Waals surface area contributed by atoms with E-state index in [2.05, 4.69) is 15.6 Å². The fourth-order valence-corrected chi connectivity index (χ4v) is 2.79. The fraction of sp³-hybridized carbons (Fsp3) is 0.381. The van der Waals surface area contributed by atoms with Crippen molar-refractivity contribution in [2.75, 3.05) is 27.3 Å². The number of hydrogen-bond donors (Lipinski definition) is 2. The molecule has 8 heteroatoms. The predicted octanol–water partition coefficient (Wildman–Crippen LogP) is 3.30. The van der Waals surface area contributed by atoms with Crippen molar-refractivity contribution in [2.45, 2.75) is 26.3 Å². The summed E-state index contributed by atoms with van der Waals surface area (Å²) in [6, 6.07) is 12.5. The first-order valence-electron chi connectivity index (χ1n) is 9.55. The van der Waals surface area contributed by atoms with Crippen LogP contribution in [0.25, 0.3) is 0 Å². The maximum Gasteiger partial charge on any atom is 0.269 e. The van der Waals surface area contributed by atoms with Gasteiger partial charge in [-0.25, -0.2) is 0 Å². The van der Waals surface area contributed by atoms with Crippen LogP contribution in [0.3, 0.4) is 0 Å². The van der Waals surface area contributed by atoms with Crippen molar-refractivity contribution < 1.29 is 14.4 Å². The van der Waals surface area contributed by atoms with Crippen LogP contribution in [0.1, 0.15) is 24.5 Å². The smallest absolute Gasteiger partial charge is 0.269 e. The second kappa shape index (κ2) is 11.5. The second-order valence-corrected chi connectivity index (χ2v) is 6.30. The minimum atomic E-state index is -0.405. The van der Waals surface area contributed by atoms with Crippen molar-refractivity contribution in [3.8, 4) is 11.5 Å². The van der Waals surface area contributed by atoms with E-state index in [9.17, 15) is 10.1 Å². The highest BCUT2D eigenvalue weighted by atomic mass is 16.6. The molecule has 2 N–H and O–H groups in total. The molecule has 0 heterocycles. The fourth-order valence-electron chi connectivity index (χ4n) is 2.79. The molecule has 8 nitrogen and oxygen atoms in total. The number of aryl methyl sites for hydroxylation is 1. The highest BCUT2D eigenvalue weighted by Gasteiger charge is 2.06. The zero-order valence-electron chi connectivity index (χ0n) is 17.1. The van der Waals surface area contributed by atoms with Crippen molar-refractivity contribution in [1.82, 2.24) is 10.6 Å². The molecule has 0 spiro atoms. The van der Waals surface area contributed by atoms with Gasteiger partial charge < -0.3 is 20.1 Å². The van der Waals surface area contributed by atoms with E-state index in [0.29, 0.717) is 19.1 Å². The van der Waals surface area contributed by atoms with Crippen LogP contribution >= 0.6 is 0 Å². The van der Waals surface area contributed by atoms with Gasteiger partial charge in [-0.05, 0) is 43.0 Å². The Morgan fingerprint density at radius 2 is 1.83 bits per heavy atom. The lowest BCUT2D eigenvalue weighted by Crippen LogP contribution is -2.37. The lowest BCUT2D eigenvalue weighted by molar-refractivity contribution is -0.384. The van der Waals surface area contributed by atoms with Crippen LogP contribution in [0, 0.1) is 10.1 Å². The molecule has 2 aromatic carbocycles. The molecule has 2 aromatic rings. The Kier molecular flexibility index (Phi) is 8.75. The molecule has 2 rings (SSSR count). The topological polar surface area (TPSA) is 98.0 Å². The molecule has 0 saturated carbocycles. The summed E-state index contributed by atoms with van der Waals surface area (Å²) in [5.41, 5.74) is 2.22. The van der Waals surface area contributed by atoms with Gasteiger partial charge in [0.1, 0.15) is 0 Å². The number of nitro benzene ring substituents is 1. The molecule has 0 aliphatic heterocycles. The lowest BCUT2D eigenvalue weighted by Gasteiger charge is -2.13. The van der Waals surface area contributed by atoms with Gasteiger partial charge in [0.05, 0.1) is 18.6 Å². The van der Waals surface area contributed by atoms with Crippen molar-refractivity contribution in [2.24, 2.45) is 4.99 Å². The number of rotatable bonds is 10. The molecule has 0 aliphatic rings. The summed E-state index contributed by atoms with van der Waals surface area (Å²) in [5, 5.41) is 17.2. The van der Waals surface area contributed by atoms with Crippen LogP contribution in [-0.4, -0.2) is 38.2 Å². The number of aliphatic imine (C=N–C) groups is 1. The van der Waals surface area contributed by atoms with Crippen LogP contribution in [-0.2, 0) is 13.0 Å². The number of non-ortho nitro benzene ring substituents is 1. The molecular weight excluding hydrogens is 372 g/mol. The van der Waals surface area contributed by atoms with E-state index in [-0.39, 0.29) is 5.69 Å². The molecule has 0 atom stereocenters. The van der Waals surface area contributed by atoms with Crippen LogP contribution in [0.5, 0.6) is 11.5 Å². The Hall–Kier alpha value is -3.29. The minimum Gasteiger partial charge on any atom is -0.493 e. The number of ether oxygens (including phenoxy) is 2. The van der Waals surface area contributed by atoms with E-state index in [0.717, 1.165) is 36.4 Å². The molecule has 0 saturated heterocycles. The highest BCUT2D eigenvalue weighted by Crippen LogP contribution is 2.28. The molecule has 156 valence electrons. The number of hydrogen-bond acceptors (Lipinski definition) is 5. The number of nitro groups is 1. The van der Waals surface area contributed by atoms with E-state index in [1.165, 1.54) is 17.7 Å². The molecule has 0 fully saturated rings. The van der Waals surface area contributed by atoms with E-state index in [1.54, 1.807) is 26.3 Å². The molecule has 0 bridgehead atoms. The summed E-state index contributed by atoms with van der Waals surface area (Å²) in [5.74, 6) is 2.19. The van der Waals surface area contributed by atoms with Crippen molar-refractivity contribution in [1.29, 1.82) is 0 Å². The predicted molar refractivity (Wildman–Crippen MR) is 114 cm³/mol. The maximum absolute atomic E-state index is 10.7. The van der Waals surface area contributed by atoms with Gasteiger partial charge in [-0.3, -0.25) is 15.1 Å². The third kappa shape index (κ3) is 6.99. The number of benzene rings is 2. The quantitative estimate of drug-likeness (QED) is 0.209. The van der Waals surface area contributed by atoms with Crippen LogP contribution in [0.2, 0.25) is 0 Å². The Bertz CT molecular complexity index is 822. The Morgan fingerprint density at radius 3 is 2.45 bits per heavy atom. The maximum atomic E-state index is 10.7. The largest absolute Gasteiger partial charge is 0.493 e. The van der Waals surface area contributed by atoms with Gasteiger partial charge in [0, 0.05) is 32.3 Å². The van der Waals surface area contributed by atoms with E-state index < -0.39 is 4.92 Å². The van der Waals surface area contributed by atoms with Crippen molar-refractivity contribution >= 4 is 11.6 Å². The van der Waals surface area contributed by atoms with Gasteiger partial charge in [-0.2, -0.15) is 0 Å². The van der Waals surface area contributed by atoms with Gasteiger partial charge in [-0.15, -0.1) is 0 Å². The van der Waals surface area contributed by atoms with Gasteiger partial charge in [-0.1, -0.05) is 18.2 Å². The molecule has 0 aliphatic carbocycles. The first-order chi connectivity index (χ1) is 14.1. The summed E-state index contributed by atoms with van der Waals surface area (Å²) >= 11 is 0. The molecule has 0 radical (unpaired) electrons. The van der Waals surface area contributed by atoms with Gasteiger partial charge >= 0.3 is 0 Å². The zero-order valence-corrected chi connectivity index (χ0v) is 17.1. The molecular formula is C21H28N4O4. The summed E-state index contributed by atoms with van der Waals surface area (Å²) < 4.78 is 10.9. The molecule has 29 heavy (non-hydrogen) atoms. The van der Waals surface area contributed by atoms with E-state index in [1.807, 2.05) is 25.1 Å². The second-order valence-electron chi connectivity index (χ2n) is 6.30. The van der Waals surface area contributed by atoms with Crippen LogP contribution in [0.4, 0.5) is 5.69 Å². The van der Waals surface area contributed by atoms with Gasteiger partial charge in [0.15, 0.2) is 17.5 Å².